The fourth-order valence-corrected chi connectivity index (χ4v) is 3.29. The SMILES string of the molecule is O=C(C1CCC2(CC1)OCCO2)N1CCCC1. The van der Waals surface area contributed by atoms with Gasteiger partial charge >= 0.3 is 0 Å². The van der Waals surface area contributed by atoms with Gasteiger partial charge in [0.1, 0.15) is 0 Å². The van der Waals surface area contributed by atoms with E-state index in [1.165, 1.54) is 12.8 Å². The van der Waals surface area contributed by atoms with Crippen LogP contribution in [0.1, 0.15) is 38.5 Å². The number of carbonyl (C=O) groups excluding carboxylic acids is 1. The number of nitrogens with zero attached hydrogens (tertiary/aromatic N) is 1. The van der Waals surface area contributed by atoms with Crippen molar-refractivity contribution in [1.29, 1.82) is 0 Å². The zero-order chi connectivity index (χ0) is 11.7. The predicted molar refractivity (Wildman–Crippen MR) is 62.4 cm³/mol. The first-order valence-electron chi connectivity index (χ1n) is 6.86. The third kappa shape index (κ3) is 2.20. The predicted octanol–water partition coefficient (Wildman–Crippen LogP) is 1.54. The summed E-state index contributed by atoms with van der Waals surface area (Å²) in [7, 11) is 0. The highest BCUT2D eigenvalue weighted by Crippen LogP contribution is 2.39. The Morgan fingerprint density at radius 1 is 1.06 bits per heavy atom. The van der Waals surface area contributed by atoms with Gasteiger partial charge in [-0.1, -0.05) is 0 Å². The standard InChI is InChI=1S/C13H21NO3/c15-12(14-7-1-2-8-14)11-3-5-13(6-4-11)16-9-10-17-13/h11H,1-10H2. The van der Waals surface area contributed by atoms with E-state index in [0.717, 1.165) is 38.8 Å². The van der Waals surface area contributed by atoms with Crippen molar-refractivity contribution < 1.29 is 14.3 Å². The lowest BCUT2D eigenvalue weighted by Gasteiger charge is -2.36. The quantitative estimate of drug-likeness (QED) is 0.696. The Hall–Kier alpha value is -0.610. The second-order valence-corrected chi connectivity index (χ2v) is 5.41. The molecule has 3 rings (SSSR count). The Morgan fingerprint density at radius 3 is 2.24 bits per heavy atom. The van der Waals surface area contributed by atoms with Gasteiger partial charge in [0, 0.05) is 31.8 Å². The molecule has 0 aromatic rings. The lowest BCUT2D eigenvalue weighted by molar-refractivity contribution is -0.185. The van der Waals surface area contributed by atoms with Gasteiger partial charge in [0.2, 0.25) is 5.91 Å². The van der Waals surface area contributed by atoms with Gasteiger partial charge in [-0.15, -0.1) is 0 Å². The van der Waals surface area contributed by atoms with Crippen molar-refractivity contribution in [2.24, 2.45) is 5.92 Å². The molecule has 4 heteroatoms. The molecule has 1 amide bonds. The fourth-order valence-electron chi connectivity index (χ4n) is 3.29. The van der Waals surface area contributed by atoms with Crippen molar-refractivity contribution in [1.82, 2.24) is 4.90 Å². The molecule has 1 aliphatic carbocycles. The smallest absolute Gasteiger partial charge is 0.225 e. The summed E-state index contributed by atoms with van der Waals surface area (Å²) in [5.41, 5.74) is 0. The summed E-state index contributed by atoms with van der Waals surface area (Å²) in [6.07, 6.45) is 5.97. The van der Waals surface area contributed by atoms with Gasteiger partial charge in [-0.05, 0) is 25.7 Å². The molecule has 0 unspecified atom stereocenters. The molecule has 3 aliphatic rings. The van der Waals surface area contributed by atoms with Crippen LogP contribution in [0.4, 0.5) is 0 Å². The third-order valence-electron chi connectivity index (χ3n) is 4.33. The zero-order valence-corrected chi connectivity index (χ0v) is 10.3. The molecule has 0 radical (unpaired) electrons. The monoisotopic (exact) mass is 239 g/mol. The van der Waals surface area contributed by atoms with Crippen molar-refractivity contribution in [2.45, 2.75) is 44.3 Å². The van der Waals surface area contributed by atoms with Crippen LogP contribution in [0.5, 0.6) is 0 Å². The van der Waals surface area contributed by atoms with Crippen molar-refractivity contribution in [3.8, 4) is 0 Å². The molecular formula is C13H21NO3. The zero-order valence-electron chi connectivity index (χ0n) is 10.3. The van der Waals surface area contributed by atoms with E-state index in [1.54, 1.807) is 0 Å². The summed E-state index contributed by atoms with van der Waals surface area (Å²) in [6, 6.07) is 0. The second-order valence-electron chi connectivity index (χ2n) is 5.41. The first-order valence-corrected chi connectivity index (χ1v) is 6.86. The highest BCUT2D eigenvalue weighted by molar-refractivity contribution is 5.79. The summed E-state index contributed by atoms with van der Waals surface area (Å²) in [5.74, 6) is 0.254. The van der Waals surface area contributed by atoms with Gasteiger partial charge < -0.3 is 14.4 Å². The highest BCUT2D eigenvalue weighted by atomic mass is 16.7. The van der Waals surface area contributed by atoms with E-state index in [0.29, 0.717) is 19.1 Å². The minimum absolute atomic E-state index is 0.214. The van der Waals surface area contributed by atoms with E-state index in [4.69, 9.17) is 9.47 Å². The molecule has 96 valence electrons. The topological polar surface area (TPSA) is 38.8 Å². The van der Waals surface area contributed by atoms with Crippen LogP contribution in [0.3, 0.4) is 0 Å². The normalized spacial score (nSPS) is 29.1. The molecule has 3 fully saturated rings. The molecule has 4 nitrogen and oxygen atoms in total. The summed E-state index contributed by atoms with van der Waals surface area (Å²) < 4.78 is 11.4. The minimum atomic E-state index is -0.332. The molecule has 0 N–H and O–H groups in total. The number of carbonyl (C=O) groups is 1. The Bertz CT molecular complexity index is 283. The Labute approximate surface area is 102 Å². The maximum atomic E-state index is 12.2. The van der Waals surface area contributed by atoms with Crippen LogP contribution in [0.25, 0.3) is 0 Å². The van der Waals surface area contributed by atoms with Gasteiger partial charge in [0.05, 0.1) is 13.2 Å². The summed E-state index contributed by atoms with van der Waals surface area (Å²) in [5, 5.41) is 0. The molecule has 1 spiro atoms. The highest BCUT2D eigenvalue weighted by Gasteiger charge is 2.42. The first kappa shape index (κ1) is 11.5. The van der Waals surface area contributed by atoms with E-state index in [2.05, 4.69) is 0 Å². The van der Waals surface area contributed by atoms with Gasteiger partial charge in [0.15, 0.2) is 5.79 Å². The van der Waals surface area contributed by atoms with Crippen molar-refractivity contribution in [3.63, 3.8) is 0 Å². The minimum Gasteiger partial charge on any atom is -0.348 e. The van der Waals surface area contributed by atoms with Crippen LogP contribution in [-0.2, 0) is 14.3 Å². The average Bonchev–Trinajstić information content (AvgIpc) is 3.01. The van der Waals surface area contributed by atoms with Gasteiger partial charge in [-0.2, -0.15) is 0 Å². The molecular weight excluding hydrogens is 218 g/mol. The molecule has 0 atom stereocenters. The number of rotatable bonds is 1. The van der Waals surface area contributed by atoms with Gasteiger partial charge in [0.25, 0.3) is 0 Å². The molecule has 0 aromatic heterocycles. The Morgan fingerprint density at radius 2 is 1.65 bits per heavy atom. The van der Waals surface area contributed by atoms with Crippen LogP contribution in [0.15, 0.2) is 0 Å². The van der Waals surface area contributed by atoms with E-state index in [1.807, 2.05) is 4.90 Å². The van der Waals surface area contributed by atoms with E-state index in [9.17, 15) is 4.79 Å². The summed E-state index contributed by atoms with van der Waals surface area (Å²) in [6.45, 7) is 3.36. The number of hydrogen-bond acceptors (Lipinski definition) is 3. The van der Waals surface area contributed by atoms with Crippen molar-refractivity contribution >= 4 is 5.91 Å². The number of ether oxygens (including phenoxy) is 2. The molecule has 1 saturated carbocycles. The molecule has 17 heavy (non-hydrogen) atoms. The third-order valence-corrected chi connectivity index (χ3v) is 4.33. The number of likely N-dealkylation sites (tertiary alicyclic amines) is 1. The first-order chi connectivity index (χ1) is 8.29. The average molecular weight is 239 g/mol. The van der Waals surface area contributed by atoms with Crippen LogP contribution < -0.4 is 0 Å². The van der Waals surface area contributed by atoms with Crippen molar-refractivity contribution in [2.75, 3.05) is 26.3 Å². The van der Waals surface area contributed by atoms with E-state index < -0.39 is 0 Å². The van der Waals surface area contributed by atoms with E-state index in [-0.39, 0.29) is 11.7 Å². The molecule has 2 heterocycles. The van der Waals surface area contributed by atoms with E-state index >= 15 is 0 Å². The molecule has 2 saturated heterocycles. The molecule has 2 aliphatic heterocycles. The van der Waals surface area contributed by atoms with Gasteiger partial charge in [-0.25, -0.2) is 0 Å². The van der Waals surface area contributed by atoms with Crippen LogP contribution >= 0.6 is 0 Å². The fraction of sp³-hybridized carbons (Fsp3) is 0.923. The van der Waals surface area contributed by atoms with Crippen LogP contribution in [0.2, 0.25) is 0 Å². The summed E-state index contributed by atoms with van der Waals surface area (Å²) >= 11 is 0. The Balaban J connectivity index is 1.55. The Kier molecular flexibility index (Phi) is 3.09. The molecule has 0 aromatic carbocycles. The van der Waals surface area contributed by atoms with Crippen LogP contribution in [0, 0.1) is 5.92 Å². The number of hydrogen-bond donors (Lipinski definition) is 0. The largest absolute Gasteiger partial charge is 0.348 e. The van der Waals surface area contributed by atoms with Crippen LogP contribution in [-0.4, -0.2) is 42.9 Å². The molecule has 0 bridgehead atoms. The van der Waals surface area contributed by atoms with Gasteiger partial charge in [-0.3, -0.25) is 4.79 Å². The van der Waals surface area contributed by atoms with Crippen molar-refractivity contribution in [3.05, 3.63) is 0 Å². The lowest BCUT2D eigenvalue weighted by atomic mass is 9.84. The lowest BCUT2D eigenvalue weighted by Crippen LogP contribution is -2.41. The number of amides is 1. The second kappa shape index (κ2) is 4.58. The summed E-state index contributed by atoms with van der Waals surface area (Å²) in [4.78, 5) is 14.3. The maximum absolute atomic E-state index is 12.2. The maximum Gasteiger partial charge on any atom is 0.225 e.